The van der Waals surface area contributed by atoms with Gasteiger partial charge in [-0.15, -0.1) is 0 Å². The van der Waals surface area contributed by atoms with Crippen LogP contribution in [0.3, 0.4) is 0 Å². The first-order chi connectivity index (χ1) is 14.4. The van der Waals surface area contributed by atoms with Crippen LogP contribution in [-0.2, 0) is 25.7 Å². The van der Waals surface area contributed by atoms with E-state index < -0.39 is 29.1 Å². The molecule has 1 heterocycles. The number of carbonyl (C=O) groups excluding carboxylic acids is 3. The molecule has 0 aromatic heterocycles. The number of esters is 1. The first-order valence-electron chi connectivity index (χ1n) is 10.7. The van der Waals surface area contributed by atoms with Gasteiger partial charge in [0.25, 0.3) is 5.91 Å². The van der Waals surface area contributed by atoms with Gasteiger partial charge in [0.2, 0.25) is 0 Å². The average Bonchev–Trinajstić information content (AvgIpc) is 2.70. The normalized spacial score (nSPS) is 16.6. The molecule has 0 bridgehead atoms. The molecule has 1 fully saturated rings. The molecule has 8 heteroatoms. The van der Waals surface area contributed by atoms with Gasteiger partial charge in [0.15, 0.2) is 5.54 Å². The highest BCUT2D eigenvalue weighted by Gasteiger charge is 2.48. The number of nitrogens with two attached hydrogens (primary N) is 1. The van der Waals surface area contributed by atoms with Crippen LogP contribution < -0.4 is 5.73 Å². The SMILES string of the molecule is CC(C)C[C@@](N)(C(=O)OC(C)(C)C)C(=O)N1CCN(C(=O)OCc2ccccc2)CC1. The largest absolute Gasteiger partial charge is 0.458 e. The molecule has 0 unspecified atom stereocenters. The maximum atomic E-state index is 13.2. The van der Waals surface area contributed by atoms with E-state index in [2.05, 4.69) is 0 Å². The van der Waals surface area contributed by atoms with E-state index in [1.807, 2.05) is 44.2 Å². The van der Waals surface area contributed by atoms with E-state index in [0.717, 1.165) is 5.56 Å². The van der Waals surface area contributed by atoms with Crippen LogP contribution in [0, 0.1) is 5.92 Å². The lowest BCUT2D eigenvalue weighted by atomic mass is 9.87. The zero-order valence-corrected chi connectivity index (χ0v) is 19.2. The van der Waals surface area contributed by atoms with Crippen LogP contribution in [-0.4, -0.2) is 65.1 Å². The molecule has 0 spiro atoms. The fraction of sp³-hybridized carbons (Fsp3) is 0.609. The number of rotatable bonds is 6. The second kappa shape index (κ2) is 10.1. The van der Waals surface area contributed by atoms with Gasteiger partial charge < -0.3 is 25.0 Å². The fourth-order valence-corrected chi connectivity index (χ4v) is 3.46. The van der Waals surface area contributed by atoms with E-state index in [4.69, 9.17) is 15.2 Å². The molecule has 172 valence electrons. The summed E-state index contributed by atoms with van der Waals surface area (Å²) in [6.07, 6.45) is -0.246. The minimum Gasteiger partial charge on any atom is -0.458 e. The summed E-state index contributed by atoms with van der Waals surface area (Å²) in [4.78, 5) is 41.5. The van der Waals surface area contributed by atoms with Gasteiger partial charge in [-0.2, -0.15) is 0 Å². The Bertz CT molecular complexity index is 767. The van der Waals surface area contributed by atoms with Gasteiger partial charge in [0.1, 0.15) is 12.2 Å². The minimum absolute atomic E-state index is 0.0238. The van der Waals surface area contributed by atoms with Crippen molar-refractivity contribution in [1.82, 2.24) is 9.80 Å². The van der Waals surface area contributed by atoms with E-state index in [1.165, 1.54) is 4.90 Å². The summed E-state index contributed by atoms with van der Waals surface area (Å²) < 4.78 is 10.8. The van der Waals surface area contributed by atoms with E-state index in [1.54, 1.807) is 25.7 Å². The summed E-state index contributed by atoms with van der Waals surface area (Å²) in [6.45, 7) is 10.4. The summed E-state index contributed by atoms with van der Waals surface area (Å²) in [6, 6.07) is 9.44. The molecule has 2 N–H and O–H groups in total. The summed E-state index contributed by atoms with van der Waals surface area (Å²) in [5, 5.41) is 0. The van der Waals surface area contributed by atoms with Gasteiger partial charge in [-0.25, -0.2) is 9.59 Å². The van der Waals surface area contributed by atoms with Crippen molar-refractivity contribution in [3.8, 4) is 0 Å². The van der Waals surface area contributed by atoms with Gasteiger partial charge >= 0.3 is 12.1 Å². The Morgan fingerprint density at radius 2 is 1.55 bits per heavy atom. The molecule has 1 aromatic carbocycles. The summed E-state index contributed by atoms with van der Waals surface area (Å²) in [7, 11) is 0. The van der Waals surface area contributed by atoms with Gasteiger partial charge in [-0.1, -0.05) is 44.2 Å². The molecule has 2 rings (SSSR count). The monoisotopic (exact) mass is 433 g/mol. The van der Waals surface area contributed by atoms with Crippen molar-refractivity contribution in [2.45, 2.75) is 58.8 Å². The van der Waals surface area contributed by atoms with E-state index >= 15 is 0 Å². The summed E-state index contributed by atoms with van der Waals surface area (Å²) in [5.41, 5.74) is 4.76. The fourth-order valence-electron chi connectivity index (χ4n) is 3.46. The Balaban J connectivity index is 1.97. The van der Waals surface area contributed by atoms with Gasteiger partial charge in [-0.05, 0) is 38.7 Å². The second-order valence-corrected chi connectivity index (χ2v) is 9.39. The molecular weight excluding hydrogens is 398 g/mol. The standard InChI is InChI=1S/C23H35N3O5/c1-17(2)15-23(24,20(28)31-22(3,4)5)19(27)25-11-13-26(14-12-25)21(29)30-16-18-9-7-6-8-10-18/h6-10,17H,11-16,24H2,1-5H3/t23-/m0/s1. The zero-order chi connectivity index (χ0) is 23.2. The number of amides is 2. The molecule has 2 amide bonds. The van der Waals surface area contributed by atoms with Crippen LogP contribution >= 0.6 is 0 Å². The Labute approximate surface area is 184 Å². The van der Waals surface area contributed by atoms with Gasteiger partial charge in [0.05, 0.1) is 0 Å². The van der Waals surface area contributed by atoms with Crippen molar-refractivity contribution >= 4 is 18.0 Å². The van der Waals surface area contributed by atoms with Crippen LogP contribution in [0.4, 0.5) is 4.79 Å². The minimum atomic E-state index is -1.75. The van der Waals surface area contributed by atoms with Crippen LogP contribution in [0.1, 0.15) is 46.6 Å². The van der Waals surface area contributed by atoms with Gasteiger partial charge in [0, 0.05) is 26.2 Å². The number of ether oxygens (including phenoxy) is 2. The highest BCUT2D eigenvalue weighted by molar-refractivity contribution is 6.07. The van der Waals surface area contributed by atoms with E-state index in [-0.39, 0.29) is 32.0 Å². The Kier molecular flexibility index (Phi) is 8.06. The molecule has 1 atom stereocenters. The zero-order valence-electron chi connectivity index (χ0n) is 19.2. The molecule has 0 aliphatic carbocycles. The molecule has 1 saturated heterocycles. The molecule has 0 saturated carbocycles. The average molecular weight is 434 g/mol. The lowest BCUT2D eigenvalue weighted by Crippen LogP contribution is -2.65. The smallest absolute Gasteiger partial charge is 0.410 e. The Morgan fingerprint density at radius 3 is 2.06 bits per heavy atom. The van der Waals surface area contributed by atoms with Gasteiger partial charge in [-0.3, -0.25) is 4.79 Å². The first kappa shape index (κ1) is 24.7. The first-order valence-corrected chi connectivity index (χ1v) is 10.7. The van der Waals surface area contributed by atoms with E-state index in [0.29, 0.717) is 13.1 Å². The van der Waals surface area contributed by atoms with Crippen LogP contribution in [0.25, 0.3) is 0 Å². The van der Waals surface area contributed by atoms with Crippen molar-refractivity contribution in [3.63, 3.8) is 0 Å². The second-order valence-electron chi connectivity index (χ2n) is 9.39. The topological polar surface area (TPSA) is 102 Å². The van der Waals surface area contributed by atoms with Crippen molar-refractivity contribution < 1.29 is 23.9 Å². The highest BCUT2D eigenvalue weighted by Crippen LogP contribution is 2.23. The molecule has 1 aromatic rings. The Hall–Kier alpha value is -2.61. The number of carbonyl (C=O) groups is 3. The predicted octanol–water partition coefficient (Wildman–Crippen LogP) is 2.55. The molecular formula is C23H35N3O5. The number of hydrogen-bond acceptors (Lipinski definition) is 6. The van der Waals surface area contributed by atoms with Crippen molar-refractivity contribution in [2.24, 2.45) is 11.7 Å². The highest BCUT2D eigenvalue weighted by atomic mass is 16.6. The Morgan fingerprint density at radius 1 is 1.00 bits per heavy atom. The lowest BCUT2D eigenvalue weighted by Gasteiger charge is -2.39. The van der Waals surface area contributed by atoms with Crippen LogP contribution in [0.5, 0.6) is 0 Å². The molecule has 8 nitrogen and oxygen atoms in total. The van der Waals surface area contributed by atoms with Crippen molar-refractivity contribution in [1.29, 1.82) is 0 Å². The number of nitrogens with zero attached hydrogens (tertiary/aromatic N) is 2. The van der Waals surface area contributed by atoms with Crippen LogP contribution in [0.15, 0.2) is 30.3 Å². The summed E-state index contributed by atoms with van der Waals surface area (Å²) in [5.74, 6) is -1.16. The number of piperazine rings is 1. The third-order valence-corrected chi connectivity index (χ3v) is 4.91. The van der Waals surface area contributed by atoms with Crippen LogP contribution in [0.2, 0.25) is 0 Å². The number of benzene rings is 1. The third kappa shape index (κ3) is 6.95. The molecule has 1 aliphatic heterocycles. The molecule has 0 radical (unpaired) electrons. The summed E-state index contributed by atoms with van der Waals surface area (Å²) >= 11 is 0. The number of hydrogen-bond donors (Lipinski definition) is 1. The van der Waals surface area contributed by atoms with Crippen molar-refractivity contribution in [3.05, 3.63) is 35.9 Å². The maximum Gasteiger partial charge on any atom is 0.410 e. The van der Waals surface area contributed by atoms with E-state index in [9.17, 15) is 14.4 Å². The third-order valence-electron chi connectivity index (χ3n) is 4.91. The molecule has 31 heavy (non-hydrogen) atoms. The predicted molar refractivity (Wildman–Crippen MR) is 117 cm³/mol. The quantitative estimate of drug-likeness (QED) is 0.546. The maximum absolute atomic E-state index is 13.2. The molecule has 1 aliphatic rings. The lowest BCUT2D eigenvalue weighted by molar-refractivity contribution is -0.168. The van der Waals surface area contributed by atoms with Crippen molar-refractivity contribution in [2.75, 3.05) is 26.2 Å².